The Morgan fingerprint density at radius 1 is 0.913 bits per heavy atom. The maximum atomic E-state index is 10.5. The summed E-state index contributed by atoms with van der Waals surface area (Å²) in [6, 6.07) is 20.8. The van der Waals surface area contributed by atoms with Gasteiger partial charge in [0.25, 0.3) is 5.91 Å². The lowest BCUT2D eigenvalue weighted by molar-refractivity contribution is -0.113. The molecule has 0 fully saturated rings. The lowest BCUT2D eigenvalue weighted by atomic mass is 10.1. The number of thioether (sulfide) groups is 1. The van der Waals surface area contributed by atoms with Crippen molar-refractivity contribution < 1.29 is 17.8 Å². The molecule has 1 aliphatic rings. The van der Waals surface area contributed by atoms with Gasteiger partial charge in [0, 0.05) is 0 Å². The normalized spacial score (nSPS) is 14.0. The van der Waals surface area contributed by atoms with Gasteiger partial charge < -0.3 is 0 Å². The lowest BCUT2D eigenvalue weighted by Gasteiger charge is -1.98. The van der Waals surface area contributed by atoms with Crippen LogP contribution in [0.2, 0.25) is 0 Å². The summed E-state index contributed by atoms with van der Waals surface area (Å²) in [7, 11) is -4.34. The van der Waals surface area contributed by atoms with Gasteiger partial charge in [0.1, 0.15) is 0 Å². The van der Waals surface area contributed by atoms with Gasteiger partial charge in [-0.15, -0.1) is 0 Å². The zero-order valence-electron chi connectivity index (χ0n) is 11.9. The van der Waals surface area contributed by atoms with Crippen molar-refractivity contribution in [1.29, 1.82) is 0 Å². The van der Waals surface area contributed by atoms with E-state index in [0.29, 0.717) is 11.8 Å². The number of carbonyl (C=O) groups excluding carboxylic acids is 1. The van der Waals surface area contributed by atoms with Gasteiger partial charge in [0.15, 0.2) is 0 Å². The van der Waals surface area contributed by atoms with Gasteiger partial charge in [-0.05, 0) is 11.1 Å². The van der Waals surface area contributed by atoms with Gasteiger partial charge in [0.05, 0.1) is 4.91 Å². The first kappa shape index (κ1) is 17.1. The van der Waals surface area contributed by atoms with Crippen molar-refractivity contribution in [3.8, 4) is 11.1 Å². The monoisotopic (exact) mass is 347 g/mol. The molecule has 0 unspecified atom stereocenters. The first-order chi connectivity index (χ1) is 10.9. The summed E-state index contributed by atoms with van der Waals surface area (Å²) in [5.74, 6) is -0.720. The highest BCUT2D eigenvalue weighted by Gasteiger charge is 2.28. The minimum absolute atomic E-state index is 0.00220. The van der Waals surface area contributed by atoms with E-state index in [1.165, 1.54) is 11.1 Å². The fourth-order valence-corrected chi connectivity index (χ4v) is 3.08. The molecule has 0 radical (unpaired) electrons. The van der Waals surface area contributed by atoms with Gasteiger partial charge in [-0.3, -0.25) is 9.35 Å². The fraction of sp³-hybridized carbons (Fsp3) is 0. The molecule has 2 aromatic rings. The summed E-state index contributed by atoms with van der Waals surface area (Å²) in [6.07, 6.45) is 0. The first-order valence-electron chi connectivity index (χ1n) is 6.45. The van der Waals surface area contributed by atoms with Crippen molar-refractivity contribution >= 4 is 32.2 Å². The summed E-state index contributed by atoms with van der Waals surface area (Å²) in [5, 5.41) is 0. The Morgan fingerprint density at radius 3 is 1.61 bits per heavy atom. The van der Waals surface area contributed by atoms with Crippen molar-refractivity contribution in [2.45, 2.75) is 0 Å². The third-order valence-electron chi connectivity index (χ3n) is 2.74. The lowest BCUT2D eigenvalue weighted by Crippen LogP contribution is -2.06. The Bertz CT molecular complexity index is 807. The van der Waals surface area contributed by atoms with Crippen LogP contribution < -0.4 is 0 Å². The van der Waals surface area contributed by atoms with Crippen molar-refractivity contribution in [3.63, 3.8) is 0 Å². The molecule has 0 bridgehead atoms. The smallest absolute Gasteiger partial charge is 0.280 e. The zero-order valence-corrected chi connectivity index (χ0v) is 13.5. The predicted molar refractivity (Wildman–Crippen MR) is 92.6 cm³/mol. The van der Waals surface area contributed by atoms with Crippen LogP contribution in [-0.2, 0) is 14.9 Å². The second kappa shape index (κ2) is 7.36. The Kier molecular flexibility index (Phi) is 5.49. The number of carbonyl (C=O) groups is 1. The van der Waals surface area contributed by atoms with Crippen LogP contribution in [0.5, 0.6) is 0 Å². The largest absolute Gasteiger partial charge is 0.318 e. The highest BCUT2D eigenvalue weighted by Crippen LogP contribution is 2.26. The van der Waals surface area contributed by atoms with E-state index >= 15 is 0 Å². The van der Waals surface area contributed by atoms with Crippen molar-refractivity contribution in [1.82, 2.24) is 0 Å². The summed E-state index contributed by atoms with van der Waals surface area (Å²) in [6.45, 7) is 3.22. The molecule has 0 aromatic heterocycles. The minimum Gasteiger partial charge on any atom is -0.280 e. The van der Waals surface area contributed by atoms with E-state index in [0.717, 1.165) is 0 Å². The van der Waals surface area contributed by atoms with Crippen molar-refractivity contribution in [3.05, 3.63) is 72.1 Å². The summed E-state index contributed by atoms with van der Waals surface area (Å²) < 4.78 is 28.4. The third kappa shape index (κ3) is 4.88. The van der Waals surface area contributed by atoms with Crippen LogP contribution in [0.15, 0.2) is 77.1 Å². The molecule has 1 heterocycles. The predicted octanol–water partition coefficient (Wildman–Crippen LogP) is 3.37. The molecule has 0 aliphatic carbocycles. The molecule has 5 nitrogen and oxygen atoms in total. The molecular weight excluding hydrogens is 334 g/mol. The van der Waals surface area contributed by atoms with Crippen LogP contribution in [-0.4, -0.2) is 23.3 Å². The molecular formula is C16H13NO4S2. The number of nitrogens with zero attached hydrogens (tertiary/aromatic N) is 1. The number of benzene rings is 2. The van der Waals surface area contributed by atoms with E-state index in [1.807, 2.05) is 12.1 Å². The van der Waals surface area contributed by atoms with Crippen LogP contribution >= 0.6 is 11.8 Å². The standard InChI is InChI=1S/C12H10.C4H3NO4S2/c1-3-7-11(8-4-1)12-9-5-2-6-10-12;1-2-3(6)5-4(10-2)11(7,8)9/h1-10H;1H2,(H,7,8,9). The number of amides is 1. The SMILES string of the molecule is C=C1SC(S(=O)(=O)O)=NC1=O.c1ccc(-c2ccccc2)cc1. The molecule has 0 atom stereocenters. The summed E-state index contributed by atoms with van der Waals surface area (Å²) in [5.41, 5.74) is 2.55. The van der Waals surface area contributed by atoms with E-state index in [4.69, 9.17) is 4.55 Å². The van der Waals surface area contributed by atoms with Crippen LogP contribution in [0.25, 0.3) is 11.1 Å². The van der Waals surface area contributed by atoms with Gasteiger partial charge in [-0.1, -0.05) is 79.0 Å². The van der Waals surface area contributed by atoms with Crippen LogP contribution in [0.3, 0.4) is 0 Å². The number of hydrogen-bond donors (Lipinski definition) is 1. The summed E-state index contributed by atoms with van der Waals surface area (Å²) >= 11 is 0.549. The van der Waals surface area contributed by atoms with E-state index < -0.39 is 20.4 Å². The van der Waals surface area contributed by atoms with Gasteiger partial charge in [-0.25, -0.2) is 0 Å². The molecule has 0 saturated carbocycles. The van der Waals surface area contributed by atoms with E-state index in [2.05, 4.69) is 60.1 Å². The highest BCUT2D eigenvalue weighted by molar-refractivity contribution is 8.36. The second-order valence-corrected chi connectivity index (χ2v) is 7.09. The van der Waals surface area contributed by atoms with Crippen molar-refractivity contribution in [2.24, 2.45) is 4.99 Å². The van der Waals surface area contributed by atoms with E-state index in [1.54, 1.807) is 0 Å². The Balaban J connectivity index is 0.000000168. The molecule has 3 rings (SSSR count). The number of rotatable bonds is 1. The molecule has 118 valence electrons. The number of aliphatic imine (C=N–C) groups is 1. The van der Waals surface area contributed by atoms with Gasteiger partial charge in [-0.2, -0.15) is 13.4 Å². The minimum atomic E-state index is -4.34. The quantitative estimate of drug-likeness (QED) is 0.631. The zero-order chi connectivity index (χ0) is 16.9. The Morgan fingerprint density at radius 2 is 1.35 bits per heavy atom. The topological polar surface area (TPSA) is 83.8 Å². The third-order valence-corrected chi connectivity index (χ3v) is 4.84. The average Bonchev–Trinajstić information content (AvgIpc) is 2.89. The van der Waals surface area contributed by atoms with Crippen LogP contribution in [0.1, 0.15) is 0 Å². The van der Waals surface area contributed by atoms with Gasteiger partial charge >= 0.3 is 10.1 Å². The van der Waals surface area contributed by atoms with Crippen LogP contribution in [0, 0.1) is 0 Å². The molecule has 0 saturated heterocycles. The molecule has 1 aliphatic heterocycles. The Labute approximate surface area is 138 Å². The van der Waals surface area contributed by atoms with Crippen LogP contribution in [0.4, 0.5) is 0 Å². The molecule has 1 N–H and O–H groups in total. The fourth-order valence-electron chi connectivity index (χ4n) is 1.69. The van der Waals surface area contributed by atoms with E-state index in [-0.39, 0.29) is 4.91 Å². The maximum Gasteiger partial charge on any atom is 0.318 e. The number of hydrogen-bond acceptors (Lipinski definition) is 4. The molecule has 23 heavy (non-hydrogen) atoms. The average molecular weight is 347 g/mol. The first-order valence-corrected chi connectivity index (χ1v) is 8.71. The molecule has 7 heteroatoms. The highest BCUT2D eigenvalue weighted by atomic mass is 32.3. The maximum absolute atomic E-state index is 10.5. The molecule has 1 amide bonds. The summed E-state index contributed by atoms with van der Waals surface area (Å²) in [4.78, 5) is 13.6. The van der Waals surface area contributed by atoms with Gasteiger partial charge in [0.2, 0.25) is 4.38 Å². The van der Waals surface area contributed by atoms with E-state index in [9.17, 15) is 13.2 Å². The Hall–Kier alpha value is -2.22. The molecule has 0 spiro atoms. The molecule has 2 aromatic carbocycles. The second-order valence-electron chi connectivity index (χ2n) is 4.42. The van der Waals surface area contributed by atoms with Crippen molar-refractivity contribution in [2.75, 3.05) is 0 Å².